The average molecular weight is 250 g/mol. The lowest BCUT2D eigenvalue weighted by Gasteiger charge is -2.00. The van der Waals surface area contributed by atoms with Crippen molar-refractivity contribution in [3.05, 3.63) is 41.5 Å². The Labute approximate surface area is 104 Å². The molecule has 0 amide bonds. The number of aromatic nitrogens is 2. The molecule has 0 aliphatic carbocycles. The molecule has 17 heavy (non-hydrogen) atoms. The van der Waals surface area contributed by atoms with Crippen LogP contribution in [-0.4, -0.2) is 15.2 Å². The minimum absolute atomic E-state index is 0.0661. The molecule has 0 spiro atoms. The second-order valence-electron chi connectivity index (χ2n) is 3.55. The molecule has 0 atom stereocenters. The molecule has 4 nitrogen and oxygen atoms in total. The van der Waals surface area contributed by atoms with Crippen LogP contribution in [0.3, 0.4) is 0 Å². The lowest BCUT2D eigenvalue weighted by molar-refractivity contribution is 0.281. The summed E-state index contributed by atoms with van der Waals surface area (Å²) in [5.41, 5.74) is 0.914. The minimum Gasteiger partial charge on any atom is -0.392 e. The van der Waals surface area contributed by atoms with Crippen molar-refractivity contribution in [3.63, 3.8) is 0 Å². The Morgan fingerprint density at radius 1 is 1.41 bits per heavy atom. The molecular weight excluding hydrogens is 236 g/mol. The third-order valence-corrected chi connectivity index (χ3v) is 3.25. The van der Waals surface area contributed by atoms with Gasteiger partial charge < -0.3 is 9.63 Å². The fourth-order valence-corrected chi connectivity index (χ4v) is 2.20. The van der Waals surface area contributed by atoms with Crippen LogP contribution in [0.15, 0.2) is 33.7 Å². The Kier molecular flexibility index (Phi) is 4.17. The quantitative estimate of drug-likeness (QED) is 0.826. The first-order valence-corrected chi connectivity index (χ1v) is 6.44. The lowest BCUT2D eigenvalue weighted by atomic mass is 10.2. The molecule has 90 valence electrons. The van der Waals surface area contributed by atoms with E-state index in [2.05, 4.69) is 10.1 Å². The molecule has 2 aromatic rings. The number of aliphatic hydroxyl groups excluding tert-OH is 1. The number of thioether (sulfide) groups is 1. The van der Waals surface area contributed by atoms with Crippen LogP contribution >= 0.6 is 11.8 Å². The van der Waals surface area contributed by atoms with Crippen molar-refractivity contribution in [2.45, 2.75) is 30.6 Å². The molecule has 0 unspecified atom stereocenters. The first kappa shape index (κ1) is 12.1. The van der Waals surface area contributed by atoms with Gasteiger partial charge in [0.25, 0.3) is 0 Å². The van der Waals surface area contributed by atoms with Crippen LogP contribution in [0.5, 0.6) is 0 Å². The SMILES string of the molecule is CCc1nc(CSc2cccc(CO)c2)no1. The van der Waals surface area contributed by atoms with Crippen molar-refractivity contribution in [2.24, 2.45) is 0 Å². The van der Waals surface area contributed by atoms with Crippen LogP contribution in [-0.2, 0) is 18.8 Å². The van der Waals surface area contributed by atoms with Gasteiger partial charge in [-0.15, -0.1) is 11.8 Å². The van der Waals surface area contributed by atoms with Crippen LogP contribution in [0.25, 0.3) is 0 Å². The fraction of sp³-hybridized carbons (Fsp3) is 0.333. The van der Waals surface area contributed by atoms with Gasteiger partial charge in [-0.25, -0.2) is 0 Å². The zero-order chi connectivity index (χ0) is 12.1. The van der Waals surface area contributed by atoms with Gasteiger partial charge in [0.1, 0.15) is 0 Å². The van der Waals surface area contributed by atoms with Crippen LogP contribution in [0.4, 0.5) is 0 Å². The van der Waals surface area contributed by atoms with Gasteiger partial charge in [-0.2, -0.15) is 4.98 Å². The van der Waals surface area contributed by atoms with Crippen molar-refractivity contribution in [1.29, 1.82) is 0 Å². The monoisotopic (exact) mass is 250 g/mol. The van der Waals surface area contributed by atoms with Gasteiger partial charge in [-0.05, 0) is 17.7 Å². The molecule has 0 saturated carbocycles. The van der Waals surface area contributed by atoms with Crippen LogP contribution in [0, 0.1) is 0 Å². The van der Waals surface area contributed by atoms with E-state index in [0.717, 1.165) is 16.9 Å². The third kappa shape index (κ3) is 3.31. The van der Waals surface area contributed by atoms with E-state index in [1.54, 1.807) is 11.8 Å². The summed E-state index contributed by atoms with van der Waals surface area (Å²) in [4.78, 5) is 5.34. The number of benzene rings is 1. The highest BCUT2D eigenvalue weighted by Gasteiger charge is 2.05. The van der Waals surface area contributed by atoms with E-state index >= 15 is 0 Å². The topological polar surface area (TPSA) is 59.2 Å². The molecule has 0 saturated heterocycles. The van der Waals surface area contributed by atoms with Crippen LogP contribution in [0.1, 0.15) is 24.2 Å². The van der Waals surface area contributed by atoms with E-state index in [-0.39, 0.29) is 6.61 Å². The predicted octanol–water partition coefficient (Wildman–Crippen LogP) is 2.42. The van der Waals surface area contributed by atoms with Crippen molar-refractivity contribution in [3.8, 4) is 0 Å². The molecule has 1 aromatic heterocycles. The Morgan fingerprint density at radius 3 is 3.00 bits per heavy atom. The minimum atomic E-state index is 0.0661. The standard InChI is InChI=1S/C12H14N2O2S/c1-2-12-13-11(14-16-12)8-17-10-5-3-4-9(6-10)7-15/h3-6,15H,2,7-8H2,1H3. The molecular formula is C12H14N2O2S. The summed E-state index contributed by atoms with van der Waals surface area (Å²) in [5.74, 6) is 2.06. The maximum absolute atomic E-state index is 9.03. The number of aryl methyl sites for hydroxylation is 1. The highest BCUT2D eigenvalue weighted by molar-refractivity contribution is 7.98. The van der Waals surface area contributed by atoms with Gasteiger partial charge in [0.15, 0.2) is 5.82 Å². The summed E-state index contributed by atoms with van der Waals surface area (Å²) in [6.07, 6.45) is 0.762. The van der Waals surface area contributed by atoms with E-state index in [1.807, 2.05) is 31.2 Å². The zero-order valence-corrected chi connectivity index (χ0v) is 10.4. The smallest absolute Gasteiger partial charge is 0.226 e. The lowest BCUT2D eigenvalue weighted by Crippen LogP contribution is -1.86. The molecule has 1 heterocycles. The van der Waals surface area contributed by atoms with E-state index in [4.69, 9.17) is 9.63 Å². The average Bonchev–Trinajstić information content (AvgIpc) is 2.84. The number of nitrogens with zero attached hydrogens (tertiary/aromatic N) is 2. The molecule has 5 heteroatoms. The molecule has 2 rings (SSSR count). The summed E-state index contributed by atoms with van der Waals surface area (Å²) in [6.45, 7) is 2.05. The number of aliphatic hydroxyl groups is 1. The van der Waals surface area contributed by atoms with E-state index in [0.29, 0.717) is 17.5 Å². The highest BCUT2D eigenvalue weighted by Crippen LogP contribution is 2.22. The van der Waals surface area contributed by atoms with Gasteiger partial charge in [0, 0.05) is 11.3 Å². The number of hydrogen-bond donors (Lipinski definition) is 1. The normalized spacial score (nSPS) is 10.7. The molecule has 0 fully saturated rings. The van der Waals surface area contributed by atoms with Gasteiger partial charge in [-0.1, -0.05) is 24.2 Å². The Bertz CT molecular complexity index is 485. The first-order valence-electron chi connectivity index (χ1n) is 5.46. The molecule has 0 radical (unpaired) electrons. The van der Waals surface area contributed by atoms with E-state index < -0.39 is 0 Å². The summed E-state index contributed by atoms with van der Waals surface area (Å²) in [5, 5.41) is 12.9. The Balaban J connectivity index is 1.96. The largest absolute Gasteiger partial charge is 0.392 e. The van der Waals surface area contributed by atoms with Crippen LogP contribution in [0.2, 0.25) is 0 Å². The summed E-state index contributed by atoms with van der Waals surface area (Å²) >= 11 is 1.63. The second kappa shape index (κ2) is 5.84. The van der Waals surface area contributed by atoms with Crippen molar-refractivity contribution in [2.75, 3.05) is 0 Å². The number of rotatable bonds is 5. The van der Waals surface area contributed by atoms with Gasteiger partial charge in [0.2, 0.25) is 5.89 Å². The maximum atomic E-state index is 9.03. The second-order valence-corrected chi connectivity index (χ2v) is 4.60. The van der Waals surface area contributed by atoms with E-state index in [9.17, 15) is 0 Å². The van der Waals surface area contributed by atoms with Crippen molar-refractivity contribution < 1.29 is 9.63 Å². The number of hydrogen-bond acceptors (Lipinski definition) is 5. The first-order chi connectivity index (χ1) is 8.31. The van der Waals surface area contributed by atoms with Crippen molar-refractivity contribution in [1.82, 2.24) is 10.1 Å². The third-order valence-electron chi connectivity index (χ3n) is 2.26. The van der Waals surface area contributed by atoms with Crippen molar-refractivity contribution >= 4 is 11.8 Å². The summed E-state index contributed by atoms with van der Waals surface area (Å²) in [7, 11) is 0. The fourth-order valence-electron chi connectivity index (χ4n) is 1.37. The Morgan fingerprint density at radius 2 is 2.29 bits per heavy atom. The van der Waals surface area contributed by atoms with E-state index in [1.165, 1.54) is 0 Å². The molecule has 0 bridgehead atoms. The highest BCUT2D eigenvalue weighted by atomic mass is 32.2. The van der Waals surface area contributed by atoms with Crippen LogP contribution < -0.4 is 0 Å². The molecule has 1 aromatic carbocycles. The van der Waals surface area contributed by atoms with Gasteiger partial charge in [0.05, 0.1) is 12.4 Å². The summed E-state index contributed by atoms with van der Waals surface area (Å²) in [6, 6.07) is 7.80. The Hall–Kier alpha value is -1.33. The molecule has 0 aliphatic rings. The van der Waals surface area contributed by atoms with Gasteiger partial charge >= 0.3 is 0 Å². The molecule has 0 aliphatic heterocycles. The zero-order valence-electron chi connectivity index (χ0n) is 9.59. The van der Waals surface area contributed by atoms with Gasteiger partial charge in [-0.3, -0.25) is 0 Å². The summed E-state index contributed by atoms with van der Waals surface area (Å²) < 4.78 is 5.03. The predicted molar refractivity (Wildman–Crippen MR) is 65.6 cm³/mol. The maximum Gasteiger partial charge on any atom is 0.226 e. The molecule has 1 N–H and O–H groups in total.